The molecule has 1 heterocycles. The number of anilines is 3. The van der Waals surface area contributed by atoms with Crippen molar-refractivity contribution in [1.29, 1.82) is 5.26 Å². The van der Waals surface area contributed by atoms with Crippen molar-refractivity contribution in [1.82, 2.24) is 9.97 Å². The normalized spacial score (nSPS) is 10.2. The van der Waals surface area contributed by atoms with Crippen LogP contribution in [-0.4, -0.2) is 41.4 Å². The molecule has 0 spiro atoms. The van der Waals surface area contributed by atoms with Crippen LogP contribution in [-0.2, 0) is 11.2 Å². The number of halogens is 3. The minimum absolute atomic E-state index is 0. The highest BCUT2D eigenvalue weighted by molar-refractivity contribution is 6.36. The van der Waals surface area contributed by atoms with Crippen molar-refractivity contribution in [2.24, 2.45) is 0 Å². The minimum Gasteiger partial charge on any atom is -0.394 e. The van der Waals surface area contributed by atoms with Crippen LogP contribution in [0.25, 0.3) is 0 Å². The van der Waals surface area contributed by atoms with Gasteiger partial charge in [-0.05, 0) is 42.0 Å². The van der Waals surface area contributed by atoms with Gasteiger partial charge in [0.05, 0.1) is 37.1 Å². The van der Waals surface area contributed by atoms with Crippen LogP contribution in [0.5, 0.6) is 0 Å². The summed E-state index contributed by atoms with van der Waals surface area (Å²) >= 11 is 12.7. The van der Waals surface area contributed by atoms with Gasteiger partial charge in [0.15, 0.2) is 0 Å². The number of hydrogen-bond acceptors (Lipinski definition) is 7. The largest absolute Gasteiger partial charge is 0.394 e. The molecule has 0 atom stereocenters. The first-order chi connectivity index (χ1) is 15.1. The Bertz CT molecular complexity index is 1040. The Balaban J connectivity index is 0.00000363. The van der Waals surface area contributed by atoms with E-state index in [2.05, 4.69) is 26.7 Å². The number of benzene rings is 2. The zero-order valence-corrected chi connectivity index (χ0v) is 19.3. The maximum absolute atomic E-state index is 8.96. The summed E-state index contributed by atoms with van der Waals surface area (Å²) in [5.41, 5.74) is 2.83. The van der Waals surface area contributed by atoms with Crippen LogP contribution in [0.1, 0.15) is 16.8 Å². The molecule has 0 bridgehead atoms. The van der Waals surface area contributed by atoms with E-state index in [1.54, 1.807) is 42.5 Å². The third-order valence-electron chi connectivity index (χ3n) is 4.26. The van der Waals surface area contributed by atoms with E-state index in [0.29, 0.717) is 46.9 Å². The highest BCUT2D eigenvalue weighted by atomic mass is 35.5. The van der Waals surface area contributed by atoms with Gasteiger partial charge in [0.1, 0.15) is 5.82 Å². The average Bonchev–Trinajstić information content (AvgIpc) is 2.77. The molecular formula is C22H22Cl3N5O2. The fraction of sp³-hybridized carbons (Fsp3) is 0.227. The molecule has 0 unspecified atom stereocenters. The number of aliphatic hydroxyl groups is 1. The van der Waals surface area contributed by atoms with Gasteiger partial charge in [-0.3, -0.25) is 0 Å². The lowest BCUT2D eigenvalue weighted by molar-refractivity contribution is 0.0992. The van der Waals surface area contributed by atoms with Crippen LogP contribution in [0.4, 0.5) is 17.5 Å². The summed E-state index contributed by atoms with van der Waals surface area (Å²) in [4.78, 5) is 9.10. The van der Waals surface area contributed by atoms with Gasteiger partial charge >= 0.3 is 0 Å². The quantitative estimate of drug-likeness (QED) is 0.347. The van der Waals surface area contributed by atoms with Crippen molar-refractivity contribution in [3.63, 3.8) is 0 Å². The summed E-state index contributed by atoms with van der Waals surface area (Å²) in [6, 6.07) is 16.3. The van der Waals surface area contributed by atoms with Gasteiger partial charge in [0.25, 0.3) is 0 Å². The Morgan fingerprint density at radius 3 is 2.41 bits per heavy atom. The Hall–Kier alpha value is -2.60. The van der Waals surface area contributed by atoms with Crippen molar-refractivity contribution in [2.45, 2.75) is 6.42 Å². The molecule has 0 fully saturated rings. The summed E-state index contributed by atoms with van der Waals surface area (Å²) in [6.07, 6.45) is 0.429. The molecule has 0 aliphatic carbocycles. The predicted octanol–water partition coefficient (Wildman–Crippen LogP) is 4.83. The second kappa shape index (κ2) is 13.1. The lowest BCUT2D eigenvalue weighted by atomic mass is 10.1. The lowest BCUT2D eigenvalue weighted by Gasteiger charge is -2.13. The Labute approximate surface area is 202 Å². The molecular weight excluding hydrogens is 473 g/mol. The lowest BCUT2D eigenvalue weighted by Crippen LogP contribution is -2.13. The molecule has 0 radical (unpaired) electrons. The van der Waals surface area contributed by atoms with Gasteiger partial charge in [-0.1, -0.05) is 29.3 Å². The summed E-state index contributed by atoms with van der Waals surface area (Å²) in [7, 11) is 0. The molecule has 0 amide bonds. The van der Waals surface area contributed by atoms with Gasteiger partial charge in [0, 0.05) is 34.8 Å². The Morgan fingerprint density at radius 1 is 1.03 bits per heavy atom. The molecule has 7 nitrogen and oxygen atoms in total. The van der Waals surface area contributed by atoms with Crippen LogP contribution < -0.4 is 10.6 Å². The van der Waals surface area contributed by atoms with Gasteiger partial charge in [-0.25, -0.2) is 4.98 Å². The second-order valence-electron chi connectivity index (χ2n) is 6.52. The molecule has 0 saturated heterocycles. The monoisotopic (exact) mass is 493 g/mol. The van der Waals surface area contributed by atoms with Crippen LogP contribution in [0.15, 0.2) is 48.5 Å². The van der Waals surface area contributed by atoms with Gasteiger partial charge in [0.2, 0.25) is 5.95 Å². The van der Waals surface area contributed by atoms with Crippen molar-refractivity contribution in [3.05, 3.63) is 75.4 Å². The fourth-order valence-electron chi connectivity index (χ4n) is 2.79. The standard InChI is InChI=1S/C22H21Cl2N5O2.ClH/c23-19-2-1-3-20(24)18(19)12-17-13-21(26-8-10-31-11-9-30)29-22(28-17)27-16-6-4-15(14-25)5-7-16;/h1-7,13,30H,8-12H2,(H2,26,27,28,29);1H. The summed E-state index contributed by atoms with van der Waals surface area (Å²) < 4.78 is 5.28. The molecule has 168 valence electrons. The van der Waals surface area contributed by atoms with E-state index in [1.807, 2.05) is 6.07 Å². The maximum Gasteiger partial charge on any atom is 0.229 e. The molecule has 0 saturated carbocycles. The van der Waals surface area contributed by atoms with Crippen LogP contribution in [0, 0.1) is 11.3 Å². The van der Waals surface area contributed by atoms with Crippen LogP contribution in [0.2, 0.25) is 10.0 Å². The van der Waals surface area contributed by atoms with E-state index in [4.69, 9.17) is 38.3 Å². The Kier molecular flexibility index (Phi) is 10.5. The first-order valence-electron chi connectivity index (χ1n) is 9.59. The number of rotatable bonds is 10. The molecule has 3 aromatic rings. The fourth-order valence-corrected chi connectivity index (χ4v) is 3.32. The molecule has 3 N–H and O–H groups in total. The number of aliphatic hydroxyl groups excluding tert-OH is 1. The molecule has 1 aromatic heterocycles. The molecule has 0 aliphatic heterocycles. The van der Waals surface area contributed by atoms with E-state index in [1.165, 1.54) is 0 Å². The van der Waals surface area contributed by atoms with Crippen LogP contribution in [0.3, 0.4) is 0 Å². The topological polar surface area (TPSA) is 103 Å². The number of ether oxygens (including phenoxy) is 1. The van der Waals surface area contributed by atoms with Gasteiger partial charge in [-0.2, -0.15) is 10.2 Å². The second-order valence-corrected chi connectivity index (χ2v) is 7.34. The van der Waals surface area contributed by atoms with Gasteiger partial charge in [-0.15, -0.1) is 12.4 Å². The van der Waals surface area contributed by atoms with E-state index >= 15 is 0 Å². The van der Waals surface area contributed by atoms with Crippen molar-refractivity contribution >= 4 is 53.1 Å². The summed E-state index contributed by atoms with van der Waals surface area (Å²) in [5, 5.41) is 25.3. The number of aromatic nitrogens is 2. The van der Waals surface area contributed by atoms with Crippen LogP contribution >= 0.6 is 35.6 Å². The highest BCUT2D eigenvalue weighted by Crippen LogP contribution is 2.27. The zero-order valence-electron chi connectivity index (χ0n) is 17.0. The first-order valence-corrected chi connectivity index (χ1v) is 10.3. The van der Waals surface area contributed by atoms with E-state index in [0.717, 1.165) is 16.9 Å². The number of hydrogen-bond donors (Lipinski definition) is 3. The SMILES string of the molecule is Cl.N#Cc1ccc(Nc2nc(Cc3c(Cl)cccc3Cl)cc(NCCOCCO)n2)cc1. The molecule has 3 rings (SSSR count). The molecule has 0 aliphatic rings. The Morgan fingerprint density at radius 2 is 1.75 bits per heavy atom. The van der Waals surface area contributed by atoms with E-state index in [9.17, 15) is 0 Å². The van der Waals surface area contributed by atoms with E-state index < -0.39 is 0 Å². The molecule has 32 heavy (non-hydrogen) atoms. The number of nitriles is 1. The number of nitrogens with one attached hydrogen (secondary N) is 2. The minimum atomic E-state index is -0.0189. The van der Waals surface area contributed by atoms with E-state index in [-0.39, 0.29) is 25.6 Å². The zero-order chi connectivity index (χ0) is 22.1. The smallest absolute Gasteiger partial charge is 0.229 e. The number of nitrogens with zero attached hydrogens (tertiary/aromatic N) is 3. The maximum atomic E-state index is 8.96. The van der Waals surface area contributed by atoms with Crippen molar-refractivity contribution in [2.75, 3.05) is 37.0 Å². The highest BCUT2D eigenvalue weighted by Gasteiger charge is 2.11. The first kappa shape index (κ1) is 25.7. The van der Waals surface area contributed by atoms with Crippen molar-refractivity contribution in [3.8, 4) is 6.07 Å². The van der Waals surface area contributed by atoms with Crippen molar-refractivity contribution < 1.29 is 9.84 Å². The predicted molar refractivity (Wildman–Crippen MR) is 129 cm³/mol. The summed E-state index contributed by atoms with van der Waals surface area (Å²) in [5.74, 6) is 1.00. The van der Waals surface area contributed by atoms with Gasteiger partial charge < -0.3 is 20.5 Å². The third kappa shape index (κ3) is 7.52. The average molecular weight is 495 g/mol. The third-order valence-corrected chi connectivity index (χ3v) is 4.97. The molecule has 2 aromatic carbocycles. The summed E-state index contributed by atoms with van der Waals surface area (Å²) in [6.45, 7) is 1.20. The molecule has 10 heteroatoms.